The lowest BCUT2D eigenvalue weighted by Crippen LogP contribution is -2.10. The molecule has 1 unspecified atom stereocenters. The highest BCUT2D eigenvalue weighted by Crippen LogP contribution is 2.30. The molecule has 1 N–H and O–H groups in total. The van der Waals surface area contributed by atoms with Crippen LogP contribution in [-0.2, 0) is 0 Å². The normalized spacial score (nSPS) is 12.1. The summed E-state index contributed by atoms with van der Waals surface area (Å²) in [7, 11) is 1.71. The summed E-state index contributed by atoms with van der Waals surface area (Å²) >= 11 is 0. The second-order valence-corrected chi connectivity index (χ2v) is 5.86. The maximum atomic E-state index is 5.45. The van der Waals surface area contributed by atoms with Crippen LogP contribution in [0.15, 0.2) is 30.3 Å². The van der Waals surface area contributed by atoms with Gasteiger partial charge in [0.1, 0.15) is 5.75 Å². The van der Waals surface area contributed by atoms with Gasteiger partial charge in [0.2, 0.25) is 0 Å². The molecule has 1 atom stereocenters. The van der Waals surface area contributed by atoms with E-state index in [2.05, 4.69) is 64.2 Å². The van der Waals surface area contributed by atoms with Gasteiger partial charge in [-0.15, -0.1) is 0 Å². The molecule has 0 aliphatic carbocycles. The Morgan fingerprint density at radius 3 is 2.24 bits per heavy atom. The topological polar surface area (TPSA) is 21.3 Å². The van der Waals surface area contributed by atoms with Crippen LogP contribution in [0.4, 0.5) is 5.69 Å². The molecule has 0 aromatic heterocycles. The highest BCUT2D eigenvalue weighted by molar-refractivity contribution is 5.59. The largest absolute Gasteiger partial charge is 0.495 e. The molecule has 0 saturated heterocycles. The molecule has 112 valence electrons. The minimum absolute atomic E-state index is 0.236. The third-order valence-electron chi connectivity index (χ3n) is 4.08. The van der Waals surface area contributed by atoms with E-state index in [1.54, 1.807) is 7.11 Å². The molecule has 0 radical (unpaired) electrons. The van der Waals surface area contributed by atoms with Gasteiger partial charge in [0, 0.05) is 6.04 Å². The summed E-state index contributed by atoms with van der Waals surface area (Å²) in [4.78, 5) is 0. The van der Waals surface area contributed by atoms with Crippen molar-refractivity contribution in [3.63, 3.8) is 0 Å². The summed E-state index contributed by atoms with van der Waals surface area (Å²) in [6.45, 7) is 10.8. The molecule has 2 rings (SSSR count). The first-order chi connectivity index (χ1) is 9.92. The van der Waals surface area contributed by atoms with Gasteiger partial charge >= 0.3 is 0 Å². The van der Waals surface area contributed by atoms with Crippen LogP contribution in [0.1, 0.15) is 40.8 Å². The van der Waals surface area contributed by atoms with Crippen molar-refractivity contribution in [1.82, 2.24) is 0 Å². The lowest BCUT2D eigenvalue weighted by atomic mass is 9.96. The van der Waals surface area contributed by atoms with Gasteiger partial charge in [0.25, 0.3) is 0 Å². The van der Waals surface area contributed by atoms with Crippen molar-refractivity contribution < 1.29 is 4.74 Å². The Balaban J connectivity index is 2.32. The Hall–Kier alpha value is -1.96. The van der Waals surface area contributed by atoms with E-state index in [1.807, 2.05) is 6.07 Å². The smallest absolute Gasteiger partial charge is 0.141 e. The van der Waals surface area contributed by atoms with Crippen LogP contribution in [-0.4, -0.2) is 7.11 Å². The quantitative estimate of drug-likeness (QED) is 0.842. The van der Waals surface area contributed by atoms with Crippen LogP contribution >= 0.6 is 0 Å². The molecule has 0 saturated carbocycles. The Kier molecular flexibility index (Phi) is 4.56. The maximum absolute atomic E-state index is 5.45. The second kappa shape index (κ2) is 6.21. The summed E-state index contributed by atoms with van der Waals surface area (Å²) in [5.74, 6) is 0.883. The number of hydrogen-bond acceptors (Lipinski definition) is 2. The van der Waals surface area contributed by atoms with Gasteiger partial charge in [-0.2, -0.15) is 0 Å². The van der Waals surface area contributed by atoms with Gasteiger partial charge in [0.05, 0.1) is 12.8 Å². The van der Waals surface area contributed by atoms with E-state index >= 15 is 0 Å². The number of hydrogen-bond donors (Lipinski definition) is 1. The Bertz CT molecular complexity index is 646. The fourth-order valence-corrected chi connectivity index (χ4v) is 2.69. The van der Waals surface area contributed by atoms with Gasteiger partial charge in [-0.25, -0.2) is 0 Å². The van der Waals surface area contributed by atoms with Crippen molar-refractivity contribution in [1.29, 1.82) is 0 Å². The molecule has 0 aliphatic rings. The fraction of sp³-hybridized carbons (Fsp3) is 0.368. The minimum Gasteiger partial charge on any atom is -0.495 e. The molecule has 0 bridgehead atoms. The van der Waals surface area contributed by atoms with Crippen molar-refractivity contribution in [2.24, 2.45) is 0 Å². The van der Waals surface area contributed by atoms with Crippen LogP contribution in [0.5, 0.6) is 5.75 Å². The van der Waals surface area contributed by atoms with Gasteiger partial charge in [-0.05, 0) is 74.6 Å². The number of aryl methyl sites for hydroxylation is 4. The first-order valence-electron chi connectivity index (χ1n) is 7.41. The maximum Gasteiger partial charge on any atom is 0.141 e. The molecule has 2 aromatic carbocycles. The van der Waals surface area contributed by atoms with Crippen molar-refractivity contribution in [3.8, 4) is 5.75 Å². The van der Waals surface area contributed by atoms with Crippen molar-refractivity contribution >= 4 is 5.69 Å². The molecule has 0 heterocycles. The number of benzene rings is 2. The third kappa shape index (κ3) is 3.38. The summed E-state index contributed by atoms with van der Waals surface area (Å²) in [5, 5.41) is 3.58. The van der Waals surface area contributed by atoms with E-state index in [0.29, 0.717) is 0 Å². The standard InChI is InChI=1S/C19H25NO/c1-12-7-8-19(21-6)18(9-12)20-16(5)17-11-14(3)13(2)10-15(17)4/h7-11,16,20H,1-6H3. The van der Waals surface area contributed by atoms with Crippen LogP contribution in [0.3, 0.4) is 0 Å². The first-order valence-corrected chi connectivity index (χ1v) is 7.41. The van der Waals surface area contributed by atoms with Gasteiger partial charge in [0.15, 0.2) is 0 Å². The van der Waals surface area contributed by atoms with E-state index in [4.69, 9.17) is 4.74 Å². The predicted octanol–water partition coefficient (Wildman–Crippen LogP) is 5.10. The van der Waals surface area contributed by atoms with E-state index in [-0.39, 0.29) is 6.04 Å². The van der Waals surface area contributed by atoms with E-state index in [1.165, 1.54) is 27.8 Å². The number of methoxy groups -OCH3 is 1. The fourth-order valence-electron chi connectivity index (χ4n) is 2.69. The van der Waals surface area contributed by atoms with Crippen LogP contribution in [0.2, 0.25) is 0 Å². The Morgan fingerprint density at radius 1 is 0.905 bits per heavy atom. The summed E-state index contributed by atoms with van der Waals surface area (Å²) in [6, 6.07) is 11.0. The Labute approximate surface area is 128 Å². The lowest BCUT2D eigenvalue weighted by Gasteiger charge is -2.21. The number of anilines is 1. The number of nitrogens with one attached hydrogen (secondary N) is 1. The van der Waals surface area contributed by atoms with Crippen molar-refractivity contribution in [2.45, 2.75) is 40.7 Å². The first kappa shape index (κ1) is 15.4. The SMILES string of the molecule is COc1ccc(C)cc1NC(C)c1cc(C)c(C)cc1C. The zero-order chi connectivity index (χ0) is 15.6. The molecule has 0 spiro atoms. The molecule has 0 aliphatic heterocycles. The van der Waals surface area contributed by atoms with E-state index in [0.717, 1.165) is 11.4 Å². The third-order valence-corrected chi connectivity index (χ3v) is 4.08. The predicted molar refractivity (Wildman–Crippen MR) is 90.4 cm³/mol. The summed E-state index contributed by atoms with van der Waals surface area (Å²) in [6.07, 6.45) is 0. The highest BCUT2D eigenvalue weighted by Gasteiger charge is 2.12. The number of ether oxygens (including phenoxy) is 1. The van der Waals surface area contributed by atoms with Crippen LogP contribution in [0, 0.1) is 27.7 Å². The summed E-state index contributed by atoms with van der Waals surface area (Å²) in [5.41, 5.74) is 7.60. The second-order valence-electron chi connectivity index (χ2n) is 5.86. The molecule has 0 fully saturated rings. The molecule has 2 aromatic rings. The zero-order valence-electron chi connectivity index (χ0n) is 13.9. The average molecular weight is 283 g/mol. The van der Waals surface area contributed by atoms with E-state index < -0.39 is 0 Å². The Morgan fingerprint density at radius 2 is 1.57 bits per heavy atom. The molecular weight excluding hydrogens is 258 g/mol. The van der Waals surface area contributed by atoms with Gasteiger partial charge < -0.3 is 10.1 Å². The van der Waals surface area contributed by atoms with Gasteiger partial charge in [-0.1, -0.05) is 18.2 Å². The lowest BCUT2D eigenvalue weighted by molar-refractivity contribution is 0.416. The highest BCUT2D eigenvalue weighted by atomic mass is 16.5. The van der Waals surface area contributed by atoms with E-state index in [9.17, 15) is 0 Å². The van der Waals surface area contributed by atoms with Crippen LogP contribution in [0.25, 0.3) is 0 Å². The molecule has 21 heavy (non-hydrogen) atoms. The van der Waals surface area contributed by atoms with Crippen LogP contribution < -0.4 is 10.1 Å². The van der Waals surface area contributed by atoms with Crippen molar-refractivity contribution in [2.75, 3.05) is 12.4 Å². The monoisotopic (exact) mass is 283 g/mol. The average Bonchev–Trinajstić information content (AvgIpc) is 2.43. The number of rotatable bonds is 4. The van der Waals surface area contributed by atoms with Gasteiger partial charge in [-0.3, -0.25) is 0 Å². The molecule has 2 heteroatoms. The van der Waals surface area contributed by atoms with Crippen molar-refractivity contribution in [3.05, 3.63) is 58.1 Å². The minimum atomic E-state index is 0.236. The molecule has 2 nitrogen and oxygen atoms in total. The summed E-state index contributed by atoms with van der Waals surface area (Å²) < 4.78 is 5.45. The zero-order valence-corrected chi connectivity index (χ0v) is 13.9. The molecule has 0 amide bonds. The molecular formula is C19H25NO.